The Morgan fingerprint density at radius 3 is 0.562 bits per heavy atom. The minimum Gasteiger partial charge on any atom is -0.0776 e. The van der Waals surface area contributed by atoms with Crippen molar-refractivity contribution in [3.8, 4) is 0 Å². The van der Waals surface area contributed by atoms with Crippen molar-refractivity contribution in [2.24, 2.45) is 21.7 Å². The van der Waals surface area contributed by atoms with E-state index < -0.39 is 0 Å². The molecule has 0 heteroatoms. The summed E-state index contributed by atoms with van der Waals surface area (Å²) in [7, 11) is 0. The summed E-state index contributed by atoms with van der Waals surface area (Å²) in [4.78, 5) is 0. The van der Waals surface area contributed by atoms with Gasteiger partial charge in [0.25, 0.3) is 0 Å². The summed E-state index contributed by atoms with van der Waals surface area (Å²) in [6, 6.07) is 0. The Hall–Kier alpha value is 0. The zero-order valence-corrected chi connectivity index (χ0v) is 12.0. The third-order valence-corrected chi connectivity index (χ3v) is 5.31. The first-order chi connectivity index (χ1) is 5.75. The van der Waals surface area contributed by atoms with E-state index >= 15 is 0 Å². The molecule has 0 N–H and O–H groups in total. The van der Waals surface area contributed by atoms with E-state index in [1.54, 1.807) is 0 Å². The van der Waals surface area contributed by atoms with E-state index in [0.29, 0.717) is 21.7 Å². The maximum absolute atomic E-state index is 2.40. The van der Waals surface area contributed by atoms with Gasteiger partial charge in [0, 0.05) is 0 Å². The zero-order chi connectivity index (χ0) is 12.0. The van der Waals surface area contributed by atoms with Crippen LogP contribution in [-0.2, 0) is 0 Å². The molecule has 0 atom stereocenters. The van der Waals surface area contributed by atoms with Crippen molar-refractivity contribution in [1.82, 2.24) is 0 Å². The summed E-state index contributed by atoms with van der Waals surface area (Å²) in [5.41, 5.74) is 1.31. The maximum Gasteiger partial charge on any atom is -0.0249 e. The lowest BCUT2D eigenvalue weighted by molar-refractivity contribution is -0.0790. The van der Waals surface area contributed by atoms with Gasteiger partial charge in [0.05, 0.1) is 0 Å². The topological polar surface area (TPSA) is 0 Å². The second-order valence-corrected chi connectivity index (χ2v) is 7.75. The van der Waals surface area contributed by atoms with Crippen LogP contribution < -0.4 is 0 Å². The lowest BCUT2D eigenvalue weighted by atomic mass is 9.48. The Morgan fingerprint density at radius 1 is 0.375 bits per heavy atom. The van der Waals surface area contributed by atoms with Gasteiger partial charge in [-0.2, -0.15) is 0 Å². The van der Waals surface area contributed by atoms with Crippen LogP contribution in [0.25, 0.3) is 0 Å². The van der Waals surface area contributed by atoms with Gasteiger partial charge in [-0.15, -0.1) is 0 Å². The molecule has 0 aliphatic carbocycles. The summed E-state index contributed by atoms with van der Waals surface area (Å²) >= 11 is 0. The molecular weight excluding hydrogens is 192 g/mol. The average molecular weight is 230 g/mol. The number of hydrogen-bond acceptors (Lipinski definition) is 0. The molecule has 0 fully saturated rings. The quantitative estimate of drug-likeness (QED) is 0.488. The van der Waals surface area contributed by atoms with Crippen LogP contribution >= 0.6 is 0 Å². The van der Waals surface area contributed by atoms with Crippen molar-refractivity contribution in [1.29, 1.82) is 0 Å². The van der Waals surface area contributed by atoms with Crippen LogP contribution in [0.3, 0.4) is 0 Å². The SMILES string of the molecule is C.C.CC(C)(C)C(C)(C)C(C)(C)C(C)(C)C. The Bertz CT molecular complexity index is 169. The van der Waals surface area contributed by atoms with Gasteiger partial charge in [-0.05, 0) is 21.7 Å². The molecule has 16 heavy (non-hydrogen) atoms. The Balaban J connectivity index is -0.000000845. The summed E-state index contributed by atoms with van der Waals surface area (Å²) in [5.74, 6) is 0. The van der Waals surface area contributed by atoms with Crippen molar-refractivity contribution in [3.63, 3.8) is 0 Å². The van der Waals surface area contributed by atoms with Crippen LogP contribution in [0.5, 0.6) is 0 Å². The lowest BCUT2D eigenvalue weighted by Crippen LogP contribution is -2.49. The fourth-order valence-corrected chi connectivity index (χ4v) is 1.88. The van der Waals surface area contributed by atoms with Crippen molar-refractivity contribution in [2.75, 3.05) is 0 Å². The minimum absolute atomic E-state index is 0. The molecule has 0 saturated carbocycles. The second kappa shape index (κ2) is 5.10. The maximum atomic E-state index is 2.40. The van der Waals surface area contributed by atoms with E-state index in [2.05, 4.69) is 69.2 Å². The third kappa shape index (κ3) is 3.25. The molecule has 0 radical (unpaired) electrons. The first-order valence-electron chi connectivity index (χ1n) is 5.75. The van der Waals surface area contributed by atoms with Crippen LogP contribution in [0.1, 0.15) is 84.1 Å². The van der Waals surface area contributed by atoms with Crippen LogP contribution in [0.4, 0.5) is 0 Å². The summed E-state index contributed by atoms with van der Waals surface area (Å²) in [6.45, 7) is 23.7. The number of hydrogen-bond donors (Lipinski definition) is 0. The van der Waals surface area contributed by atoms with E-state index in [-0.39, 0.29) is 14.9 Å². The van der Waals surface area contributed by atoms with E-state index in [1.165, 1.54) is 0 Å². The second-order valence-electron chi connectivity index (χ2n) is 7.75. The van der Waals surface area contributed by atoms with Gasteiger partial charge in [0.1, 0.15) is 0 Å². The fourth-order valence-electron chi connectivity index (χ4n) is 1.88. The first kappa shape index (κ1) is 21.3. The highest BCUT2D eigenvalue weighted by molar-refractivity contribution is 4.99. The van der Waals surface area contributed by atoms with Crippen LogP contribution in [0.15, 0.2) is 0 Å². The molecule has 0 aromatic carbocycles. The van der Waals surface area contributed by atoms with Gasteiger partial charge in [0.15, 0.2) is 0 Å². The lowest BCUT2D eigenvalue weighted by Gasteiger charge is -2.57. The minimum atomic E-state index is 0. The molecule has 0 aromatic rings. The van der Waals surface area contributed by atoms with Gasteiger partial charge in [-0.3, -0.25) is 0 Å². The van der Waals surface area contributed by atoms with Crippen molar-refractivity contribution >= 4 is 0 Å². The molecule has 102 valence electrons. The summed E-state index contributed by atoms with van der Waals surface area (Å²) < 4.78 is 0. The molecule has 0 saturated heterocycles. The normalized spacial score (nSPS) is 13.9. The highest BCUT2D eigenvalue weighted by Gasteiger charge is 2.50. The highest BCUT2D eigenvalue weighted by Crippen LogP contribution is 2.58. The van der Waals surface area contributed by atoms with E-state index in [1.807, 2.05) is 0 Å². The average Bonchev–Trinajstić information content (AvgIpc) is 1.81. The molecule has 0 amide bonds. The van der Waals surface area contributed by atoms with E-state index in [0.717, 1.165) is 0 Å². The van der Waals surface area contributed by atoms with Crippen LogP contribution in [0, 0.1) is 21.7 Å². The predicted octanol–water partition coefficient (Wildman–Crippen LogP) is 6.40. The largest absolute Gasteiger partial charge is 0.0776 e. The first-order valence-corrected chi connectivity index (χ1v) is 5.75. The van der Waals surface area contributed by atoms with Gasteiger partial charge < -0.3 is 0 Å². The van der Waals surface area contributed by atoms with Crippen LogP contribution in [0.2, 0.25) is 0 Å². The molecule has 0 aliphatic rings. The van der Waals surface area contributed by atoms with Gasteiger partial charge in [-0.1, -0.05) is 84.1 Å². The van der Waals surface area contributed by atoms with Crippen LogP contribution in [-0.4, -0.2) is 0 Å². The number of rotatable bonds is 1. The van der Waals surface area contributed by atoms with E-state index in [9.17, 15) is 0 Å². The molecule has 0 aliphatic heterocycles. The molecule has 0 nitrogen and oxygen atoms in total. The molecule has 0 spiro atoms. The molecule has 0 bridgehead atoms. The highest BCUT2D eigenvalue weighted by atomic mass is 14.6. The molecule has 0 heterocycles. The molecule has 0 aromatic heterocycles. The molecule has 0 rings (SSSR count). The van der Waals surface area contributed by atoms with E-state index in [4.69, 9.17) is 0 Å². The summed E-state index contributed by atoms with van der Waals surface area (Å²) in [6.07, 6.45) is 0. The van der Waals surface area contributed by atoms with Gasteiger partial charge in [-0.25, -0.2) is 0 Å². The Kier molecular flexibility index (Phi) is 6.80. The Labute approximate surface area is 106 Å². The van der Waals surface area contributed by atoms with Gasteiger partial charge >= 0.3 is 0 Å². The molecular formula is C16H38. The predicted molar refractivity (Wildman–Crippen MR) is 79.9 cm³/mol. The standard InChI is InChI=1S/C14H30.2CH4/c1-11(2,3)13(7,8)14(9,10)12(4,5)6;;/h1-10H3;2*1H4. The zero-order valence-electron chi connectivity index (χ0n) is 12.0. The van der Waals surface area contributed by atoms with Crippen molar-refractivity contribution in [3.05, 3.63) is 0 Å². The monoisotopic (exact) mass is 230 g/mol. The Morgan fingerprint density at radius 2 is 0.500 bits per heavy atom. The molecule has 0 unspecified atom stereocenters. The van der Waals surface area contributed by atoms with Crippen molar-refractivity contribution < 1.29 is 0 Å². The summed E-state index contributed by atoms with van der Waals surface area (Å²) in [5, 5.41) is 0. The van der Waals surface area contributed by atoms with Crippen molar-refractivity contribution in [2.45, 2.75) is 84.1 Å². The van der Waals surface area contributed by atoms with Gasteiger partial charge in [0.2, 0.25) is 0 Å². The smallest absolute Gasteiger partial charge is 0.0249 e. The fraction of sp³-hybridized carbons (Fsp3) is 1.00. The third-order valence-electron chi connectivity index (χ3n) is 5.31.